The van der Waals surface area contributed by atoms with Gasteiger partial charge in [0.2, 0.25) is 6.79 Å². The highest BCUT2D eigenvalue weighted by Gasteiger charge is 2.17. The highest BCUT2D eigenvalue weighted by molar-refractivity contribution is 5.92. The molecule has 25 heavy (non-hydrogen) atoms. The molecule has 0 saturated heterocycles. The van der Waals surface area contributed by atoms with Crippen molar-refractivity contribution < 1.29 is 33.3 Å². The molecule has 1 aliphatic heterocycles. The van der Waals surface area contributed by atoms with Gasteiger partial charge >= 0.3 is 11.9 Å². The minimum absolute atomic E-state index is 0.175. The molecule has 1 N–H and O–H groups in total. The molecule has 1 aliphatic rings. The lowest BCUT2D eigenvalue weighted by atomic mass is 10.1. The number of ether oxygens (including phenoxy) is 4. The fourth-order valence-corrected chi connectivity index (χ4v) is 2.06. The average molecular weight is 349 g/mol. The highest BCUT2D eigenvalue weighted by atomic mass is 16.7. The minimum atomic E-state index is -0.807. The molecule has 0 radical (unpaired) electrons. The van der Waals surface area contributed by atoms with E-state index in [1.807, 2.05) is 6.07 Å². The molecule has 0 bridgehead atoms. The normalized spacial score (nSPS) is 13.4. The van der Waals surface area contributed by atoms with Crippen LogP contribution in [-0.4, -0.2) is 37.9 Å². The van der Waals surface area contributed by atoms with Crippen molar-refractivity contribution in [1.82, 2.24) is 5.32 Å². The lowest BCUT2D eigenvalue weighted by Gasteiger charge is -2.14. The standard InChI is InChI=1S/C17H19NO7/c1-3-22-16(20)6-7-17(21)23-9-15(19)18-11(2)12-4-5-13-14(8-12)25-10-24-13/h4-8,11H,3,9-10H2,1-2H3,(H,18,19)/b7-6+/t11-/m0/s1. The number of nitrogens with one attached hydrogen (secondary N) is 1. The first-order valence-corrected chi connectivity index (χ1v) is 7.70. The van der Waals surface area contributed by atoms with E-state index in [2.05, 4.69) is 10.1 Å². The van der Waals surface area contributed by atoms with E-state index in [0.29, 0.717) is 11.5 Å². The van der Waals surface area contributed by atoms with Crippen LogP contribution in [0.15, 0.2) is 30.4 Å². The summed E-state index contributed by atoms with van der Waals surface area (Å²) in [5, 5.41) is 2.70. The fourth-order valence-electron chi connectivity index (χ4n) is 2.06. The lowest BCUT2D eigenvalue weighted by Crippen LogP contribution is -2.30. The lowest BCUT2D eigenvalue weighted by molar-refractivity contribution is -0.144. The Morgan fingerprint density at radius 2 is 1.84 bits per heavy atom. The summed E-state index contributed by atoms with van der Waals surface area (Å²) in [5.74, 6) is -0.652. The number of hydrogen-bond acceptors (Lipinski definition) is 7. The van der Waals surface area contributed by atoms with Crippen molar-refractivity contribution in [3.8, 4) is 11.5 Å². The molecule has 0 aliphatic carbocycles. The maximum absolute atomic E-state index is 11.8. The second-order valence-electron chi connectivity index (χ2n) is 5.09. The van der Waals surface area contributed by atoms with E-state index in [0.717, 1.165) is 17.7 Å². The van der Waals surface area contributed by atoms with Crippen LogP contribution < -0.4 is 14.8 Å². The van der Waals surface area contributed by atoms with E-state index in [1.54, 1.807) is 26.0 Å². The zero-order valence-electron chi connectivity index (χ0n) is 13.9. The van der Waals surface area contributed by atoms with Crippen LogP contribution >= 0.6 is 0 Å². The van der Waals surface area contributed by atoms with E-state index in [-0.39, 0.29) is 19.4 Å². The summed E-state index contributed by atoms with van der Waals surface area (Å²) in [6, 6.07) is 5.05. The van der Waals surface area contributed by atoms with Gasteiger partial charge in [-0.3, -0.25) is 4.79 Å². The van der Waals surface area contributed by atoms with Crippen LogP contribution in [0, 0.1) is 0 Å². The summed E-state index contributed by atoms with van der Waals surface area (Å²) in [6.07, 6.45) is 1.85. The van der Waals surface area contributed by atoms with Gasteiger partial charge in [0.25, 0.3) is 5.91 Å². The predicted molar refractivity (Wildman–Crippen MR) is 85.9 cm³/mol. The van der Waals surface area contributed by atoms with Crippen LogP contribution in [0.4, 0.5) is 0 Å². The molecular weight excluding hydrogens is 330 g/mol. The quantitative estimate of drug-likeness (QED) is 0.584. The molecule has 1 heterocycles. The molecule has 1 amide bonds. The maximum atomic E-state index is 11.8. The Balaban J connectivity index is 1.78. The van der Waals surface area contributed by atoms with Gasteiger partial charge in [-0.2, -0.15) is 0 Å². The SMILES string of the molecule is CCOC(=O)/C=C/C(=O)OCC(=O)N[C@@H](C)c1ccc2c(c1)OCO2. The van der Waals surface area contributed by atoms with Crippen molar-refractivity contribution in [2.75, 3.05) is 20.0 Å². The molecule has 0 saturated carbocycles. The molecular formula is C17H19NO7. The summed E-state index contributed by atoms with van der Waals surface area (Å²) in [6.45, 7) is 3.36. The van der Waals surface area contributed by atoms with Crippen LogP contribution in [-0.2, 0) is 23.9 Å². The minimum Gasteiger partial charge on any atom is -0.463 e. The van der Waals surface area contributed by atoms with E-state index < -0.39 is 24.5 Å². The van der Waals surface area contributed by atoms with Crippen molar-refractivity contribution in [1.29, 1.82) is 0 Å². The van der Waals surface area contributed by atoms with Gasteiger partial charge in [-0.1, -0.05) is 6.07 Å². The molecule has 2 rings (SSSR count). The molecule has 0 unspecified atom stereocenters. The smallest absolute Gasteiger partial charge is 0.331 e. The van der Waals surface area contributed by atoms with Crippen molar-refractivity contribution in [3.63, 3.8) is 0 Å². The topological polar surface area (TPSA) is 100 Å². The van der Waals surface area contributed by atoms with Gasteiger partial charge in [0.15, 0.2) is 18.1 Å². The molecule has 0 aromatic heterocycles. The van der Waals surface area contributed by atoms with Gasteiger partial charge in [-0.15, -0.1) is 0 Å². The molecule has 8 heteroatoms. The van der Waals surface area contributed by atoms with Crippen molar-refractivity contribution in [3.05, 3.63) is 35.9 Å². The first-order chi connectivity index (χ1) is 12.0. The number of carbonyl (C=O) groups excluding carboxylic acids is 3. The number of hydrogen-bond donors (Lipinski definition) is 1. The van der Waals surface area contributed by atoms with Crippen LogP contribution in [0.25, 0.3) is 0 Å². The zero-order chi connectivity index (χ0) is 18.2. The fraction of sp³-hybridized carbons (Fsp3) is 0.353. The number of fused-ring (bicyclic) bond motifs is 1. The van der Waals surface area contributed by atoms with Crippen molar-refractivity contribution in [2.24, 2.45) is 0 Å². The Morgan fingerprint density at radius 1 is 1.16 bits per heavy atom. The molecule has 134 valence electrons. The molecule has 1 aromatic carbocycles. The Labute approximate surface area is 144 Å². The first kappa shape index (κ1) is 18.3. The first-order valence-electron chi connectivity index (χ1n) is 7.70. The molecule has 1 aromatic rings. The Morgan fingerprint density at radius 3 is 2.56 bits per heavy atom. The number of esters is 2. The molecule has 0 fully saturated rings. The number of amides is 1. The van der Waals surface area contributed by atoms with Gasteiger partial charge in [0, 0.05) is 12.2 Å². The maximum Gasteiger partial charge on any atom is 0.331 e. The summed E-state index contributed by atoms with van der Waals surface area (Å²) < 4.78 is 19.9. The average Bonchev–Trinajstić information content (AvgIpc) is 3.06. The number of rotatable bonds is 7. The van der Waals surface area contributed by atoms with Gasteiger partial charge in [-0.05, 0) is 31.5 Å². The number of benzene rings is 1. The monoisotopic (exact) mass is 349 g/mol. The van der Waals surface area contributed by atoms with E-state index in [1.165, 1.54) is 0 Å². The molecule has 0 spiro atoms. The molecule has 8 nitrogen and oxygen atoms in total. The summed E-state index contributed by atoms with van der Waals surface area (Å²) in [4.78, 5) is 34.3. The largest absolute Gasteiger partial charge is 0.463 e. The van der Waals surface area contributed by atoms with E-state index in [4.69, 9.17) is 14.2 Å². The van der Waals surface area contributed by atoms with Crippen molar-refractivity contribution in [2.45, 2.75) is 19.9 Å². The third-order valence-corrected chi connectivity index (χ3v) is 3.26. The van der Waals surface area contributed by atoms with E-state index >= 15 is 0 Å². The predicted octanol–water partition coefficient (Wildman–Crippen LogP) is 1.25. The highest BCUT2D eigenvalue weighted by Crippen LogP contribution is 2.34. The zero-order valence-corrected chi connectivity index (χ0v) is 13.9. The third kappa shape index (κ3) is 5.52. The van der Waals surface area contributed by atoms with Crippen LogP contribution in [0.1, 0.15) is 25.5 Å². The van der Waals surface area contributed by atoms with Gasteiger partial charge in [0.1, 0.15) is 0 Å². The van der Waals surface area contributed by atoms with E-state index in [9.17, 15) is 14.4 Å². The van der Waals surface area contributed by atoms with Gasteiger partial charge in [-0.25, -0.2) is 9.59 Å². The number of carbonyl (C=O) groups is 3. The van der Waals surface area contributed by atoms with Crippen LogP contribution in [0.3, 0.4) is 0 Å². The summed E-state index contributed by atoms with van der Waals surface area (Å²) in [7, 11) is 0. The van der Waals surface area contributed by atoms with Crippen LogP contribution in [0.2, 0.25) is 0 Å². The third-order valence-electron chi connectivity index (χ3n) is 3.26. The van der Waals surface area contributed by atoms with Gasteiger partial charge in [0.05, 0.1) is 12.6 Å². The second-order valence-corrected chi connectivity index (χ2v) is 5.09. The van der Waals surface area contributed by atoms with Gasteiger partial charge < -0.3 is 24.3 Å². The summed E-state index contributed by atoms with van der Waals surface area (Å²) in [5.41, 5.74) is 0.825. The Bertz CT molecular complexity index is 684. The second kappa shape index (κ2) is 8.72. The van der Waals surface area contributed by atoms with Crippen molar-refractivity contribution >= 4 is 17.8 Å². The molecule has 1 atom stereocenters. The Hall–Kier alpha value is -3.03. The Kier molecular flexibility index (Phi) is 6.39. The van der Waals surface area contributed by atoms with Crippen LogP contribution in [0.5, 0.6) is 11.5 Å². The summed E-state index contributed by atoms with van der Waals surface area (Å²) >= 11 is 0.